The summed E-state index contributed by atoms with van der Waals surface area (Å²) in [7, 11) is -2.23. The third-order valence-electron chi connectivity index (χ3n) is 5.39. The normalized spacial score (nSPS) is 19.4. The molecule has 1 N–H and O–H groups in total. The lowest BCUT2D eigenvalue weighted by Crippen LogP contribution is -2.41. The predicted octanol–water partition coefficient (Wildman–Crippen LogP) is 2.48. The number of halogens is 1. The zero-order valence-electron chi connectivity index (χ0n) is 17.6. The molecule has 1 aliphatic rings. The molecule has 0 radical (unpaired) electrons. The fraction of sp³-hybridized carbons (Fsp3) is 0.429. The van der Waals surface area contributed by atoms with Crippen LogP contribution in [0.3, 0.4) is 0 Å². The van der Waals surface area contributed by atoms with Gasteiger partial charge in [0.05, 0.1) is 42.8 Å². The molecule has 11 heteroatoms. The second-order valence-corrected chi connectivity index (χ2v) is 10.9. The van der Waals surface area contributed by atoms with E-state index in [0.717, 1.165) is 29.1 Å². The first-order valence-electron chi connectivity index (χ1n) is 9.89. The molecule has 0 aliphatic carbocycles. The van der Waals surface area contributed by atoms with Crippen LogP contribution in [0.15, 0.2) is 34.9 Å². The minimum Gasteiger partial charge on any atom is -0.468 e. The number of rotatable bonds is 7. The highest BCUT2D eigenvalue weighted by Gasteiger charge is 2.42. The van der Waals surface area contributed by atoms with Gasteiger partial charge in [-0.1, -0.05) is 28.1 Å². The van der Waals surface area contributed by atoms with Gasteiger partial charge in [-0.25, -0.2) is 13.4 Å². The van der Waals surface area contributed by atoms with Crippen LogP contribution in [0.2, 0.25) is 0 Å². The molecule has 0 saturated carbocycles. The number of hydrogen-bond donors (Lipinski definition) is 1. The molecule has 1 aromatic carbocycles. The van der Waals surface area contributed by atoms with Crippen LogP contribution in [0.25, 0.3) is 11.3 Å². The van der Waals surface area contributed by atoms with Crippen LogP contribution in [0, 0.1) is 23.2 Å². The quantitative estimate of drug-likeness (QED) is 0.436. The van der Waals surface area contributed by atoms with Gasteiger partial charge in [0.15, 0.2) is 0 Å². The first-order chi connectivity index (χ1) is 15.1. The van der Waals surface area contributed by atoms with Gasteiger partial charge in [-0.15, -0.1) is 0 Å². The third kappa shape index (κ3) is 5.55. The minimum atomic E-state index is -3.38. The van der Waals surface area contributed by atoms with E-state index in [2.05, 4.69) is 32.0 Å². The van der Waals surface area contributed by atoms with Crippen molar-refractivity contribution in [2.75, 3.05) is 25.7 Å². The van der Waals surface area contributed by atoms with Gasteiger partial charge < -0.3 is 14.6 Å². The molecular formula is C21H23BrN4O5S. The van der Waals surface area contributed by atoms with E-state index in [1.54, 1.807) is 6.20 Å². The maximum atomic E-state index is 13.3. The SMILES string of the molecule is COC(=O)C(CCS(C)(=O)=O)C(=O)N1CC(C#N)CC1c1ncc(-c2ccc(Br)cc2)[nH]1. The van der Waals surface area contributed by atoms with Crippen LogP contribution in [0.5, 0.6) is 0 Å². The predicted molar refractivity (Wildman–Crippen MR) is 120 cm³/mol. The van der Waals surface area contributed by atoms with Crippen molar-refractivity contribution >= 4 is 37.6 Å². The molecule has 1 fully saturated rings. The Hall–Kier alpha value is -2.71. The molecule has 170 valence electrons. The van der Waals surface area contributed by atoms with Crippen molar-refractivity contribution in [3.63, 3.8) is 0 Å². The van der Waals surface area contributed by atoms with E-state index in [0.29, 0.717) is 12.2 Å². The van der Waals surface area contributed by atoms with Crippen molar-refractivity contribution in [2.24, 2.45) is 11.8 Å². The maximum Gasteiger partial charge on any atom is 0.318 e. The molecule has 0 bridgehead atoms. The number of likely N-dealkylation sites (tertiary alicyclic amines) is 1. The summed E-state index contributed by atoms with van der Waals surface area (Å²) in [5.41, 5.74) is 1.65. The second kappa shape index (κ2) is 9.83. The lowest BCUT2D eigenvalue weighted by Gasteiger charge is -2.26. The standard InChI is InChI=1S/C21H23BrN4O5S/c1-31-21(28)16(7-8-32(2,29)30)20(27)26-12-13(10-23)9-18(26)19-24-11-17(25-19)14-3-5-15(22)6-4-14/h3-6,11,13,16,18H,7-9,12H2,1-2H3,(H,24,25). The van der Waals surface area contributed by atoms with Gasteiger partial charge in [0, 0.05) is 17.3 Å². The number of aromatic nitrogens is 2. The number of benzene rings is 1. The van der Waals surface area contributed by atoms with E-state index in [-0.39, 0.29) is 18.7 Å². The topological polar surface area (TPSA) is 133 Å². The van der Waals surface area contributed by atoms with Gasteiger partial charge in [0.1, 0.15) is 21.6 Å². The van der Waals surface area contributed by atoms with E-state index >= 15 is 0 Å². The molecule has 3 rings (SSSR count). The number of imidazole rings is 1. The summed E-state index contributed by atoms with van der Waals surface area (Å²) in [6.07, 6.45) is 2.87. The minimum absolute atomic E-state index is 0.126. The Morgan fingerprint density at radius 2 is 2.06 bits per heavy atom. The number of nitrogens with one attached hydrogen (secondary N) is 1. The molecular weight excluding hydrogens is 500 g/mol. The van der Waals surface area contributed by atoms with E-state index in [9.17, 15) is 23.3 Å². The molecule has 2 heterocycles. The van der Waals surface area contributed by atoms with Crippen LogP contribution < -0.4 is 0 Å². The number of H-pyrrole nitrogens is 1. The zero-order chi connectivity index (χ0) is 23.5. The van der Waals surface area contributed by atoms with Gasteiger partial charge in [-0.3, -0.25) is 9.59 Å². The summed E-state index contributed by atoms with van der Waals surface area (Å²) in [5.74, 6) is -2.89. The molecule has 3 atom stereocenters. The van der Waals surface area contributed by atoms with Crippen molar-refractivity contribution in [1.29, 1.82) is 5.26 Å². The Balaban J connectivity index is 1.88. The van der Waals surface area contributed by atoms with E-state index < -0.39 is 39.6 Å². The number of esters is 1. The first kappa shape index (κ1) is 23.9. The van der Waals surface area contributed by atoms with Crippen LogP contribution in [0.4, 0.5) is 0 Å². The highest BCUT2D eigenvalue weighted by molar-refractivity contribution is 9.10. The number of methoxy groups -OCH3 is 1. The average molecular weight is 523 g/mol. The second-order valence-electron chi connectivity index (χ2n) is 7.75. The van der Waals surface area contributed by atoms with Crippen molar-refractivity contribution in [2.45, 2.75) is 18.9 Å². The monoisotopic (exact) mass is 522 g/mol. The molecule has 2 aromatic rings. The highest BCUT2D eigenvalue weighted by atomic mass is 79.9. The zero-order valence-corrected chi connectivity index (χ0v) is 20.0. The number of amides is 1. The number of sulfone groups is 1. The van der Waals surface area contributed by atoms with E-state index in [1.165, 1.54) is 4.90 Å². The van der Waals surface area contributed by atoms with Crippen LogP contribution in [0.1, 0.15) is 24.7 Å². The number of nitriles is 1. The summed E-state index contributed by atoms with van der Waals surface area (Å²) in [4.78, 5) is 34.7. The number of hydrogen-bond acceptors (Lipinski definition) is 7. The maximum absolute atomic E-state index is 13.3. The molecule has 1 aliphatic heterocycles. The Kier molecular flexibility index (Phi) is 7.36. The molecule has 3 unspecified atom stereocenters. The summed E-state index contributed by atoms with van der Waals surface area (Å²) in [6, 6.07) is 9.26. The van der Waals surface area contributed by atoms with Gasteiger partial charge in [-0.05, 0) is 30.5 Å². The highest BCUT2D eigenvalue weighted by Crippen LogP contribution is 2.36. The van der Waals surface area contributed by atoms with Gasteiger partial charge in [0.2, 0.25) is 5.91 Å². The molecule has 1 saturated heterocycles. The number of carbonyl (C=O) groups is 2. The Morgan fingerprint density at radius 1 is 1.38 bits per heavy atom. The van der Waals surface area contributed by atoms with Crippen molar-refractivity contribution in [1.82, 2.24) is 14.9 Å². The van der Waals surface area contributed by atoms with Crippen molar-refractivity contribution in [3.8, 4) is 17.3 Å². The molecule has 9 nitrogen and oxygen atoms in total. The molecule has 1 aromatic heterocycles. The summed E-state index contributed by atoms with van der Waals surface area (Å²) >= 11 is 3.40. The summed E-state index contributed by atoms with van der Waals surface area (Å²) in [5, 5.41) is 9.45. The summed E-state index contributed by atoms with van der Waals surface area (Å²) in [6.45, 7) is 0.126. The summed E-state index contributed by atoms with van der Waals surface area (Å²) < 4.78 is 28.9. The third-order valence-corrected chi connectivity index (χ3v) is 6.90. The number of carbonyl (C=O) groups excluding carboxylic acids is 2. The van der Waals surface area contributed by atoms with Gasteiger partial charge in [0.25, 0.3) is 0 Å². The number of nitrogens with zero attached hydrogens (tertiary/aromatic N) is 3. The molecule has 1 amide bonds. The lowest BCUT2D eigenvalue weighted by atomic mass is 10.0. The smallest absolute Gasteiger partial charge is 0.318 e. The van der Waals surface area contributed by atoms with Crippen molar-refractivity contribution in [3.05, 3.63) is 40.8 Å². The lowest BCUT2D eigenvalue weighted by molar-refractivity contribution is -0.154. The van der Waals surface area contributed by atoms with Crippen molar-refractivity contribution < 1.29 is 22.7 Å². The average Bonchev–Trinajstić information content (AvgIpc) is 3.40. The largest absolute Gasteiger partial charge is 0.468 e. The fourth-order valence-electron chi connectivity index (χ4n) is 3.73. The van der Waals surface area contributed by atoms with Gasteiger partial charge >= 0.3 is 5.97 Å². The number of ether oxygens (including phenoxy) is 1. The van der Waals surface area contributed by atoms with Crippen LogP contribution in [-0.2, 0) is 24.2 Å². The van der Waals surface area contributed by atoms with E-state index in [1.807, 2.05) is 24.3 Å². The van der Waals surface area contributed by atoms with Crippen LogP contribution in [-0.4, -0.2) is 60.8 Å². The Morgan fingerprint density at radius 3 is 2.66 bits per heavy atom. The number of aromatic amines is 1. The fourth-order valence-corrected chi connectivity index (χ4v) is 4.66. The first-order valence-corrected chi connectivity index (χ1v) is 12.7. The molecule has 32 heavy (non-hydrogen) atoms. The Labute approximate surface area is 194 Å². The Bertz CT molecular complexity index is 1140. The van der Waals surface area contributed by atoms with Gasteiger partial charge in [-0.2, -0.15) is 5.26 Å². The van der Waals surface area contributed by atoms with E-state index in [4.69, 9.17) is 4.74 Å². The molecule has 0 spiro atoms. The van der Waals surface area contributed by atoms with Crippen LogP contribution >= 0.6 is 15.9 Å².